The van der Waals surface area contributed by atoms with E-state index in [2.05, 4.69) is 5.32 Å². The standard InChI is InChI=1S/C13H17FN2O3S/c14-12-5-3-11(4-6-12)9-15-13(17)10-16-7-1-2-8-20(16,18)19/h3-6H,1-2,7-10H2,(H,15,17). The van der Waals surface area contributed by atoms with Crippen LogP contribution in [0.4, 0.5) is 4.39 Å². The molecule has 0 aliphatic carbocycles. The second kappa shape index (κ2) is 6.32. The molecule has 0 radical (unpaired) electrons. The van der Waals surface area contributed by atoms with Crippen LogP contribution in [0.3, 0.4) is 0 Å². The SMILES string of the molecule is O=C(CN1CCCCS1(=O)=O)NCc1ccc(F)cc1. The predicted molar refractivity (Wildman–Crippen MR) is 72.8 cm³/mol. The van der Waals surface area contributed by atoms with E-state index in [1.54, 1.807) is 12.1 Å². The molecule has 1 aromatic carbocycles. The third kappa shape index (κ3) is 4.01. The maximum absolute atomic E-state index is 12.7. The molecule has 20 heavy (non-hydrogen) atoms. The summed E-state index contributed by atoms with van der Waals surface area (Å²) in [7, 11) is -3.28. The lowest BCUT2D eigenvalue weighted by atomic mass is 10.2. The Morgan fingerprint density at radius 1 is 1.25 bits per heavy atom. The first-order chi connectivity index (χ1) is 9.47. The molecule has 1 N–H and O–H groups in total. The number of benzene rings is 1. The fraction of sp³-hybridized carbons (Fsp3) is 0.462. The largest absolute Gasteiger partial charge is 0.351 e. The van der Waals surface area contributed by atoms with Crippen molar-refractivity contribution in [3.63, 3.8) is 0 Å². The lowest BCUT2D eigenvalue weighted by molar-refractivity contribution is -0.121. The van der Waals surface area contributed by atoms with Crippen LogP contribution in [0.2, 0.25) is 0 Å². The van der Waals surface area contributed by atoms with Gasteiger partial charge in [-0.25, -0.2) is 12.8 Å². The number of halogens is 1. The van der Waals surface area contributed by atoms with Crippen LogP contribution in [0.15, 0.2) is 24.3 Å². The highest BCUT2D eigenvalue weighted by Crippen LogP contribution is 2.12. The molecule has 7 heteroatoms. The van der Waals surface area contributed by atoms with E-state index in [-0.39, 0.29) is 30.6 Å². The van der Waals surface area contributed by atoms with Crippen LogP contribution in [0.5, 0.6) is 0 Å². The number of nitrogens with zero attached hydrogens (tertiary/aromatic N) is 1. The molecular formula is C13H17FN2O3S. The maximum atomic E-state index is 12.7. The molecule has 1 fully saturated rings. The van der Waals surface area contributed by atoms with E-state index in [0.717, 1.165) is 12.0 Å². The fourth-order valence-electron chi connectivity index (χ4n) is 2.04. The van der Waals surface area contributed by atoms with Gasteiger partial charge in [0.15, 0.2) is 0 Å². The third-order valence-corrected chi connectivity index (χ3v) is 5.08. The molecule has 5 nitrogen and oxygen atoms in total. The molecule has 0 unspecified atom stereocenters. The Morgan fingerprint density at radius 2 is 1.95 bits per heavy atom. The summed E-state index contributed by atoms with van der Waals surface area (Å²) in [6.45, 7) is 0.503. The van der Waals surface area contributed by atoms with Crippen molar-refractivity contribution >= 4 is 15.9 Å². The van der Waals surface area contributed by atoms with E-state index in [1.807, 2.05) is 0 Å². The summed E-state index contributed by atoms with van der Waals surface area (Å²) in [5, 5.41) is 2.64. The number of amides is 1. The number of carbonyl (C=O) groups excluding carboxylic acids is 1. The lowest BCUT2D eigenvalue weighted by Gasteiger charge is -2.25. The normalized spacial score (nSPS) is 18.6. The molecule has 1 amide bonds. The Balaban J connectivity index is 1.85. The van der Waals surface area contributed by atoms with Crippen LogP contribution in [0, 0.1) is 5.82 Å². The van der Waals surface area contributed by atoms with E-state index in [1.165, 1.54) is 16.4 Å². The van der Waals surface area contributed by atoms with E-state index in [9.17, 15) is 17.6 Å². The van der Waals surface area contributed by atoms with Crippen molar-refractivity contribution in [1.29, 1.82) is 0 Å². The van der Waals surface area contributed by atoms with Crippen LogP contribution in [-0.4, -0.2) is 37.5 Å². The van der Waals surface area contributed by atoms with Gasteiger partial charge in [-0.15, -0.1) is 0 Å². The number of carbonyl (C=O) groups is 1. The van der Waals surface area contributed by atoms with Crippen molar-refractivity contribution in [2.24, 2.45) is 0 Å². The minimum absolute atomic E-state index is 0.109. The second-order valence-electron chi connectivity index (χ2n) is 4.76. The van der Waals surface area contributed by atoms with Gasteiger partial charge in [0.2, 0.25) is 15.9 Å². The molecule has 0 aromatic heterocycles. The minimum atomic E-state index is -3.28. The highest BCUT2D eigenvalue weighted by atomic mass is 32.2. The summed E-state index contributed by atoms with van der Waals surface area (Å²) >= 11 is 0. The zero-order valence-corrected chi connectivity index (χ0v) is 11.8. The first kappa shape index (κ1) is 14.9. The van der Waals surface area contributed by atoms with Gasteiger partial charge >= 0.3 is 0 Å². The van der Waals surface area contributed by atoms with Crippen LogP contribution in [0.25, 0.3) is 0 Å². The monoisotopic (exact) mass is 300 g/mol. The third-order valence-electron chi connectivity index (χ3n) is 3.18. The van der Waals surface area contributed by atoms with Crippen LogP contribution >= 0.6 is 0 Å². The van der Waals surface area contributed by atoms with Crippen LogP contribution in [0.1, 0.15) is 18.4 Å². The average Bonchev–Trinajstić information content (AvgIpc) is 2.40. The maximum Gasteiger partial charge on any atom is 0.235 e. The smallest absolute Gasteiger partial charge is 0.235 e. The molecule has 1 aromatic rings. The Bertz CT molecular complexity index is 572. The van der Waals surface area contributed by atoms with Crippen molar-refractivity contribution in [1.82, 2.24) is 9.62 Å². The first-order valence-electron chi connectivity index (χ1n) is 6.46. The Morgan fingerprint density at radius 3 is 2.60 bits per heavy atom. The number of rotatable bonds is 4. The molecular weight excluding hydrogens is 283 g/mol. The topological polar surface area (TPSA) is 66.5 Å². The van der Waals surface area contributed by atoms with Gasteiger partial charge < -0.3 is 5.32 Å². The summed E-state index contributed by atoms with van der Waals surface area (Å²) in [6, 6.07) is 5.79. The zero-order chi connectivity index (χ0) is 14.6. The molecule has 110 valence electrons. The van der Waals surface area contributed by atoms with Gasteiger partial charge in [-0.2, -0.15) is 4.31 Å². The molecule has 2 rings (SSSR count). The summed E-state index contributed by atoms with van der Waals surface area (Å²) < 4.78 is 37.4. The van der Waals surface area contributed by atoms with Crippen LogP contribution in [-0.2, 0) is 21.4 Å². The second-order valence-corrected chi connectivity index (χ2v) is 6.85. The minimum Gasteiger partial charge on any atom is -0.351 e. The molecule has 0 bridgehead atoms. The zero-order valence-electron chi connectivity index (χ0n) is 11.0. The number of hydrogen-bond acceptors (Lipinski definition) is 3. The molecule has 0 atom stereocenters. The van der Waals surface area contributed by atoms with E-state index in [0.29, 0.717) is 13.0 Å². The predicted octanol–water partition coefficient (Wildman–Crippen LogP) is 0.868. The Hall–Kier alpha value is -1.47. The van der Waals surface area contributed by atoms with Crippen molar-refractivity contribution in [2.75, 3.05) is 18.8 Å². The number of hydrogen-bond donors (Lipinski definition) is 1. The average molecular weight is 300 g/mol. The van der Waals surface area contributed by atoms with Crippen molar-refractivity contribution < 1.29 is 17.6 Å². The molecule has 0 saturated carbocycles. The summed E-state index contributed by atoms with van der Waals surface area (Å²) in [4.78, 5) is 11.7. The molecule has 1 saturated heterocycles. The molecule has 1 aliphatic heterocycles. The van der Waals surface area contributed by atoms with Gasteiger partial charge in [0.25, 0.3) is 0 Å². The quantitative estimate of drug-likeness (QED) is 0.897. The van der Waals surface area contributed by atoms with Gasteiger partial charge in [-0.05, 0) is 30.5 Å². The highest BCUT2D eigenvalue weighted by molar-refractivity contribution is 7.89. The molecule has 1 aliphatic rings. The fourth-order valence-corrected chi connectivity index (χ4v) is 3.59. The lowest BCUT2D eigenvalue weighted by Crippen LogP contribution is -2.44. The number of nitrogens with one attached hydrogen (secondary N) is 1. The Labute approximate surface area is 117 Å². The van der Waals surface area contributed by atoms with Gasteiger partial charge in [0.05, 0.1) is 12.3 Å². The molecule has 1 heterocycles. The number of sulfonamides is 1. The van der Waals surface area contributed by atoms with Gasteiger partial charge in [0.1, 0.15) is 5.82 Å². The van der Waals surface area contributed by atoms with Gasteiger partial charge in [-0.1, -0.05) is 12.1 Å². The van der Waals surface area contributed by atoms with Crippen molar-refractivity contribution in [3.05, 3.63) is 35.6 Å². The van der Waals surface area contributed by atoms with E-state index >= 15 is 0 Å². The van der Waals surface area contributed by atoms with Gasteiger partial charge in [-0.3, -0.25) is 4.79 Å². The van der Waals surface area contributed by atoms with Crippen molar-refractivity contribution in [3.8, 4) is 0 Å². The highest BCUT2D eigenvalue weighted by Gasteiger charge is 2.27. The summed E-state index contributed by atoms with van der Waals surface area (Å²) in [6.07, 6.45) is 1.43. The summed E-state index contributed by atoms with van der Waals surface area (Å²) in [5.41, 5.74) is 0.765. The van der Waals surface area contributed by atoms with Crippen molar-refractivity contribution in [2.45, 2.75) is 19.4 Å². The Kier molecular flexibility index (Phi) is 4.72. The first-order valence-corrected chi connectivity index (χ1v) is 8.07. The van der Waals surface area contributed by atoms with E-state index < -0.39 is 10.0 Å². The summed E-state index contributed by atoms with van der Waals surface area (Å²) in [5.74, 6) is -0.572. The van der Waals surface area contributed by atoms with Crippen LogP contribution < -0.4 is 5.32 Å². The molecule has 0 spiro atoms. The van der Waals surface area contributed by atoms with Gasteiger partial charge in [0, 0.05) is 13.1 Å². The van der Waals surface area contributed by atoms with E-state index in [4.69, 9.17) is 0 Å².